The van der Waals surface area contributed by atoms with Crippen LogP contribution in [0.4, 0.5) is 17.5 Å². The third-order valence-electron chi connectivity index (χ3n) is 5.41. The van der Waals surface area contributed by atoms with Crippen molar-refractivity contribution in [2.24, 2.45) is 5.73 Å². The molecule has 2 aliphatic rings. The lowest BCUT2D eigenvalue weighted by Crippen LogP contribution is -2.43. The molecule has 0 spiro atoms. The third kappa shape index (κ3) is 4.42. The van der Waals surface area contributed by atoms with Gasteiger partial charge in [-0.3, -0.25) is 4.79 Å². The Morgan fingerprint density at radius 1 is 1.11 bits per heavy atom. The van der Waals surface area contributed by atoms with Crippen molar-refractivity contribution in [1.82, 2.24) is 14.9 Å². The van der Waals surface area contributed by atoms with E-state index in [9.17, 15) is 4.79 Å². The maximum Gasteiger partial charge on any atom is 0.253 e. The van der Waals surface area contributed by atoms with Gasteiger partial charge in [0, 0.05) is 49.7 Å². The summed E-state index contributed by atoms with van der Waals surface area (Å²) in [5.74, 6) is 1.52. The van der Waals surface area contributed by atoms with E-state index in [4.69, 9.17) is 5.73 Å². The summed E-state index contributed by atoms with van der Waals surface area (Å²) in [6.45, 7) is 3.41. The van der Waals surface area contributed by atoms with Gasteiger partial charge in [0.15, 0.2) is 0 Å². The Balaban J connectivity index is 1.47. The molecule has 1 atom stereocenters. The van der Waals surface area contributed by atoms with E-state index in [2.05, 4.69) is 20.2 Å². The Hall–Kier alpha value is -2.67. The van der Waals surface area contributed by atoms with Crippen LogP contribution in [0, 0.1) is 0 Å². The second-order valence-corrected chi connectivity index (χ2v) is 7.65. The van der Waals surface area contributed by atoms with Crippen molar-refractivity contribution in [2.45, 2.75) is 38.1 Å². The number of nitrogens with two attached hydrogens (primary N) is 1. The van der Waals surface area contributed by atoms with E-state index >= 15 is 0 Å². The quantitative estimate of drug-likeness (QED) is 0.848. The molecule has 148 valence electrons. The van der Waals surface area contributed by atoms with E-state index < -0.39 is 0 Å². The monoisotopic (exact) mass is 380 g/mol. The minimum absolute atomic E-state index is 0.106. The average molecular weight is 380 g/mol. The van der Waals surface area contributed by atoms with Crippen LogP contribution < -0.4 is 16.0 Å². The van der Waals surface area contributed by atoms with E-state index in [0.717, 1.165) is 57.5 Å². The number of nitrogens with zero attached hydrogens (tertiary/aromatic N) is 4. The Kier molecular flexibility index (Phi) is 5.71. The maximum absolute atomic E-state index is 12.7. The summed E-state index contributed by atoms with van der Waals surface area (Å²) in [5.41, 5.74) is 7.64. The number of carbonyl (C=O) groups is 1. The van der Waals surface area contributed by atoms with Crippen molar-refractivity contribution in [3.63, 3.8) is 0 Å². The molecule has 3 heterocycles. The van der Waals surface area contributed by atoms with Crippen LogP contribution in [0.2, 0.25) is 0 Å². The summed E-state index contributed by atoms with van der Waals surface area (Å²) < 4.78 is 0. The number of hydrogen-bond donors (Lipinski definition) is 2. The molecule has 2 aliphatic heterocycles. The number of benzene rings is 1. The van der Waals surface area contributed by atoms with E-state index in [-0.39, 0.29) is 11.9 Å². The van der Waals surface area contributed by atoms with Gasteiger partial charge in [0.1, 0.15) is 5.82 Å². The molecule has 7 heteroatoms. The lowest BCUT2D eigenvalue weighted by molar-refractivity contribution is 0.0724. The van der Waals surface area contributed by atoms with Gasteiger partial charge in [0.25, 0.3) is 5.91 Å². The number of anilines is 3. The summed E-state index contributed by atoms with van der Waals surface area (Å²) in [7, 11) is 0. The molecular formula is C21H28N6O. The van der Waals surface area contributed by atoms with Crippen molar-refractivity contribution >= 4 is 23.4 Å². The summed E-state index contributed by atoms with van der Waals surface area (Å²) in [5, 5.41) is 3.31. The molecule has 1 aromatic carbocycles. The summed E-state index contributed by atoms with van der Waals surface area (Å²) in [4.78, 5) is 25.9. The molecule has 7 nitrogen and oxygen atoms in total. The highest BCUT2D eigenvalue weighted by Gasteiger charge is 2.20. The van der Waals surface area contributed by atoms with Gasteiger partial charge in [-0.15, -0.1) is 0 Å². The summed E-state index contributed by atoms with van der Waals surface area (Å²) in [6.07, 6.45) is 7.26. The zero-order valence-corrected chi connectivity index (χ0v) is 16.2. The fraction of sp³-hybridized carbons (Fsp3) is 0.476. The number of amides is 1. The first-order valence-corrected chi connectivity index (χ1v) is 10.2. The molecule has 0 aliphatic carbocycles. The van der Waals surface area contributed by atoms with E-state index in [1.807, 2.05) is 35.2 Å². The van der Waals surface area contributed by atoms with Gasteiger partial charge >= 0.3 is 0 Å². The minimum Gasteiger partial charge on any atom is -0.340 e. The molecule has 2 fully saturated rings. The third-order valence-corrected chi connectivity index (χ3v) is 5.41. The second kappa shape index (κ2) is 8.56. The first-order valence-electron chi connectivity index (χ1n) is 10.2. The highest BCUT2D eigenvalue weighted by atomic mass is 16.2. The van der Waals surface area contributed by atoms with Crippen molar-refractivity contribution < 1.29 is 4.79 Å². The van der Waals surface area contributed by atoms with Crippen LogP contribution in [0.25, 0.3) is 0 Å². The molecule has 1 aromatic heterocycles. The molecule has 2 aromatic rings. The lowest BCUT2D eigenvalue weighted by Gasteiger charge is -2.30. The summed E-state index contributed by atoms with van der Waals surface area (Å²) in [6, 6.07) is 9.65. The number of piperidine rings is 2. The molecule has 0 radical (unpaired) electrons. The normalized spacial score (nSPS) is 20.1. The van der Waals surface area contributed by atoms with Crippen molar-refractivity contribution in [2.75, 3.05) is 36.4 Å². The molecule has 1 unspecified atom stereocenters. The predicted molar refractivity (Wildman–Crippen MR) is 111 cm³/mol. The second-order valence-electron chi connectivity index (χ2n) is 7.65. The van der Waals surface area contributed by atoms with Gasteiger partial charge in [-0.05, 0) is 56.4 Å². The Morgan fingerprint density at radius 2 is 1.96 bits per heavy atom. The minimum atomic E-state index is 0.106. The number of rotatable bonds is 4. The fourth-order valence-electron chi connectivity index (χ4n) is 3.92. The number of nitrogens with one attached hydrogen (secondary N) is 1. The maximum atomic E-state index is 12.7. The van der Waals surface area contributed by atoms with E-state index in [1.54, 1.807) is 6.20 Å². The van der Waals surface area contributed by atoms with Crippen LogP contribution in [0.1, 0.15) is 42.5 Å². The van der Waals surface area contributed by atoms with Crippen LogP contribution in [0.15, 0.2) is 36.5 Å². The molecule has 4 rings (SSSR count). The Labute approximate surface area is 166 Å². The SMILES string of the molecule is NC1CCCN(c2nccc(Nc3cccc(C(=O)N4CCCCC4)c3)n2)C1. The molecule has 3 N–H and O–H groups in total. The average Bonchev–Trinajstić information content (AvgIpc) is 2.74. The van der Waals surface area contributed by atoms with Crippen LogP contribution in [0.3, 0.4) is 0 Å². The molecular weight excluding hydrogens is 352 g/mol. The molecule has 2 saturated heterocycles. The van der Waals surface area contributed by atoms with Crippen molar-refractivity contribution in [1.29, 1.82) is 0 Å². The smallest absolute Gasteiger partial charge is 0.253 e. The van der Waals surface area contributed by atoms with E-state index in [1.165, 1.54) is 6.42 Å². The van der Waals surface area contributed by atoms with Crippen molar-refractivity contribution in [3.05, 3.63) is 42.1 Å². The number of aromatic nitrogens is 2. The van der Waals surface area contributed by atoms with Crippen LogP contribution in [-0.4, -0.2) is 53.0 Å². The van der Waals surface area contributed by atoms with Gasteiger partial charge in [-0.1, -0.05) is 6.07 Å². The van der Waals surface area contributed by atoms with Crippen LogP contribution in [0.5, 0.6) is 0 Å². The fourth-order valence-corrected chi connectivity index (χ4v) is 3.92. The topological polar surface area (TPSA) is 87.4 Å². The van der Waals surface area contributed by atoms with Crippen molar-refractivity contribution in [3.8, 4) is 0 Å². The van der Waals surface area contributed by atoms with Crippen LogP contribution in [-0.2, 0) is 0 Å². The predicted octanol–water partition coefficient (Wildman–Crippen LogP) is 2.77. The van der Waals surface area contributed by atoms with E-state index in [0.29, 0.717) is 17.3 Å². The molecule has 0 saturated carbocycles. The van der Waals surface area contributed by atoms with Gasteiger partial charge < -0.3 is 20.9 Å². The number of carbonyl (C=O) groups excluding carboxylic acids is 1. The zero-order valence-electron chi connectivity index (χ0n) is 16.2. The zero-order chi connectivity index (χ0) is 19.3. The van der Waals surface area contributed by atoms with Gasteiger partial charge in [0.05, 0.1) is 0 Å². The first kappa shape index (κ1) is 18.7. The largest absolute Gasteiger partial charge is 0.340 e. The highest BCUT2D eigenvalue weighted by molar-refractivity contribution is 5.95. The standard InChI is InChI=1S/C21H28N6O/c22-17-7-5-13-27(15-17)21-23-10-9-19(25-21)24-18-8-4-6-16(14-18)20(28)26-11-2-1-3-12-26/h4,6,8-10,14,17H,1-3,5,7,11-13,15,22H2,(H,23,24,25). The Bertz CT molecular complexity index is 820. The number of likely N-dealkylation sites (tertiary alicyclic amines) is 1. The summed E-state index contributed by atoms with van der Waals surface area (Å²) >= 11 is 0. The highest BCUT2D eigenvalue weighted by Crippen LogP contribution is 2.21. The first-order chi connectivity index (χ1) is 13.7. The van der Waals surface area contributed by atoms with Gasteiger partial charge in [-0.2, -0.15) is 4.98 Å². The van der Waals surface area contributed by atoms with Crippen LogP contribution >= 0.6 is 0 Å². The Morgan fingerprint density at radius 3 is 2.79 bits per heavy atom. The number of hydrogen-bond acceptors (Lipinski definition) is 6. The van der Waals surface area contributed by atoms with Gasteiger partial charge in [-0.25, -0.2) is 4.98 Å². The molecule has 0 bridgehead atoms. The molecule has 1 amide bonds. The molecule has 28 heavy (non-hydrogen) atoms. The lowest BCUT2D eigenvalue weighted by atomic mass is 10.1. The van der Waals surface area contributed by atoms with Gasteiger partial charge in [0.2, 0.25) is 5.95 Å².